The van der Waals surface area contributed by atoms with Crippen LogP contribution in [0.4, 0.5) is 9.52 Å². The number of fused-ring (bicyclic) bond motifs is 1. The van der Waals surface area contributed by atoms with Gasteiger partial charge >= 0.3 is 0 Å². The van der Waals surface area contributed by atoms with Gasteiger partial charge in [0, 0.05) is 12.1 Å². The third-order valence-corrected chi connectivity index (χ3v) is 3.80. The smallest absolute Gasteiger partial charge is 0.184 e. The molecule has 0 spiro atoms. The molecule has 1 fully saturated rings. The van der Waals surface area contributed by atoms with E-state index >= 15 is 0 Å². The lowest BCUT2D eigenvalue weighted by Gasteiger charge is -2.32. The van der Waals surface area contributed by atoms with Crippen LogP contribution in [-0.4, -0.2) is 17.1 Å². The molecule has 1 aliphatic rings. The van der Waals surface area contributed by atoms with Crippen LogP contribution in [0.15, 0.2) is 18.2 Å². The van der Waals surface area contributed by atoms with E-state index in [0.29, 0.717) is 12.1 Å². The predicted molar refractivity (Wildman–Crippen MR) is 71.4 cm³/mol. The molecule has 0 radical (unpaired) electrons. The van der Waals surface area contributed by atoms with E-state index in [1.165, 1.54) is 23.5 Å². The van der Waals surface area contributed by atoms with Crippen molar-refractivity contribution in [2.24, 2.45) is 5.73 Å². The van der Waals surface area contributed by atoms with Crippen LogP contribution in [0, 0.1) is 5.82 Å². The minimum Gasteiger partial charge on any atom is -0.359 e. The van der Waals surface area contributed by atoms with Gasteiger partial charge in [0.15, 0.2) is 5.13 Å². The third kappa shape index (κ3) is 2.51. The SMILES string of the molecule is Cl.NC1CC(Nc2nc3ccc(F)cc3s2)C1. The Hall–Kier alpha value is -0.910. The number of thiazole rings is 1. The highest BCUT2D eigenvalue weighted by molar-refractivity contribution is 7.22. The van der Waals surface area contributed by atoms with Crippen molar-refractivity contribution in [3.05, 3.63) is 24.0 Å². The molecule has 2 aromatic rings. The summed E-state index contributed by atoms with van der Waals surface area (Å²) in [5.74, 6) is -0.214. The van der Waals surface area contributed by atoms with Gasteiger partial charge in [0.25, 0.3) is 0 Å². The molecule has 0 saturated heterocycles. The van der Waals surface area contributed by atoms with Gasteiger partial charge in [-0.1, -0.05) is 11.3 Å². The largest absolute Gasteiger partial charge is 0.359 e. The van der Waals surface area contributed by atoms with Gasteiger partial charge in [-0.2, -0.15) is 0 Å². The van der Waals surface area contributed by atoms with Gasteiger partial charge in [0.05, 0.1) is 10.2 Å². The Labute approximate surface area is 109 Å². The molecule has 92 valence electrons. The van der Waals surface area contributed by atoms with Gasteiger partial charge in [-0.15, -0.1) is 12.4 Å². The fourth-order valence-corrected chi connectivity index (χ4v) is 2.88. The molecule has 1 aliphatic carbocycles. The van der Waals surface area contributed by atoms with E-state index in [-0.39, 0.29) is 18.2 Å². The molecule has 1 saturated carbocycles. The summed E-state index contributed by atoms with van der Waals surface area (Å²) < 4.78 is 13.9. The van der Waals surface area contributed by atoms with Crippen molar-refractivity contribution in [2.45, 2.75) is 24.9 Å². The number of nitrogens with one attached hydrogen (secondary N) is 1. The minimum absolute atomic E-state index is 0. The first-order chi connectivity index (χ1) is 7.70. The molecule has 0 atom stereocenters. The lowest BCUT2D eigenvalue weighted by molar-refractivity contribution is 0.373. The van der Waals surface area contributed by atoms with Crippen molar-refractivity contribution < 1.29 is 4.39 Å². The summed E-state index contributed by atoms with van der Waals surface area (Å²) in [4.78, 5) is 4.40. The minimum atomic E-state index is -0.214. The Balaban J connectivity index is 0.00000108. The molecule has 3 nitrogen and oxygen atoms in total. The molecular formula is C11H13ClFN3S. The van der Waals surface area contributed by atoms with Crippen LogP contribution in [0.3, 0.4) is 0 Å². The van der Waals surface area contributed by atoms with Crippen LogP contribution in [0.25, 0.3) is 10.2 Å². The van der Waals surface area contributed by atoms with Crippen LogP contribution in [0.1, 0.15) is 12.8 Å². The van der Waals surface area contributed by atoms with Gasteiger partial charge in [-0.3, -0.25) is 0 Å². The number of halogens is 2. The predicted octanol–water partition coefficient (Wildman–Crippen LogP) is 2.76. The van der Waals surface area contributed by atoms with Gasteiger partial charge in [-0.05, 0) is 31.0 Å². The van der Waals surface area contributed by atoms with E-state index in [2.05, 4.69) is 10.3 Å². The second-order valence-corrected chi connectivity index (χ2v) is 5.23. The maximum atomic E-state index is 13.0. The first-order valence-corrected chi connectivity index (χ1v) is 6.10. The topological polar surface area (TPSA) is 50.9 Å². The lowest BCUT2D eigenvalue weighted by Crippen LogP contribution is -2.44. The number of anilines is 1. The van der Waals surface area contributed by atoms with Crippen LogP contribution < -0.4 is 11.1 Å². The Kier molecular flexibility index (Phi) is 3.51. The summed E-state index contributed by atoms with van der Waals surface area (Å²) in [6.45, 7) is 0. The maximum absolute atomic E-state index is 13.0. The first kappa shape index (κ1) is 12.5. The zero-order valence-electron chi connectivity index (χ0n) is 9.02. The summed E-state index contributed by atoms with van der Waals surface area (Å²) >= 11 is 1.49. The number of benzene rings is 1. The average molecular weight is 274 g/mol. The van der Waals surface area contributed by atoms with Gasteiger partial charge in [-0.25, -0.2) is 9.37 Å². The van der Waals surface area contributed by atoms with Crippen molar-refractivity contribution in [1.29, 1.82) is 0 Å². The first-order valence-electron chi connectivity index (χ1n) is 5.29. The van der Waals surface area contributed by atoms with E-state index in [0.717, 1.165) is 28.2 Å². The van der Waals surface area contributed by atoms with Crippen molar-refractivity contribution in [3.63, 3.8) is 0 Å². The molecule has 1 aromatic carbocycles. The fraction of sp³-hybridized carbons (Fsp3) is 0.364. The Morgan fingerprint density at radius 1 is 1.41 bits per heavy atom. The number of aromatic nitrogens is 1. The molecule has 3 N–H and O–H groups in total. The second kappa shape index (κ2) is 4.76. The van der Waals surface area contributed by atoms with E-state index in [1.54, 1.807) is 6.07 Å². The van der Waals surface area contributed by atoms with Gasteiger partial charge in [0.2, 0.25) is 0 Å². The Morgan fingerprint density at radius 2 is 2.18 bits per heavy atom. The molecule has 6 heteroatoms. The van der Waals surface area contributed by atoms with Crippen molar-refractivity contribution in [3.8, 4) is 0 Å². The summed E-state index contributed by atoms with van der Waals surface area (Å²) in [6.07, 6.45) is 1.98. The second-order valence-electron chi connectivity index (χ2n) is 4.20. The number of nitrogens with zero attached hydrogens (tertiary/aromatic N) is 1. The van der Waals surface area contributed by atoms with Gasteiger partial charge < -0.3 is 11.1 Å². The number of nitrogens with two attached hydrogens (primary N) is 1. The maximum Gasteiger partial charge on any atom is 0.184 e. The number of hydrogen-bond donors (Lipinski definition) is 2. The zero-order valence-corrected chi connectivity index (χ0v) is 10.7. The standard InChI is InChI=1S/C11H12FN3S.ClH/c12-6-1-2-9-10(3-6)16-11(15-9)14-8-4-7(13)5-8;/h1-3,7-8H,4-5,13H2,(H,14,15);1H. The molecule has 0 aliphatic heterocycles. The monoisotopic (exact) mass is 273 g/mol. The average Bonchev–Trinajstić information content (AvgIpc) is 2.57. The molecule has 0 amide bonds. The van der Waals surface area contributed by atoms with Crippen LogP contribution in [0.2, 0.25) is 0 Å². The Bertz CT molecular complexity index is 524. The van der Waals surface area contributed by atoms with Crippen molar-refractivity contribution >= 4 is 39.1 Å². The van der Waals surface area contributed by atoms with Gasteiger partial charge in [0.1, 0.15) is 5.82 Å². The quantitative estimate of drug-likeness (QED) is 0.885. The van der Waals surface area contributed by atoms with E-state index in [1.807, 2.05) is 0 Å². The van der Waals surface area contributed by atoms with Crippen LogP contribution >= 0.6 is 23.7 Å². The zero-order chi connectivity index (χ0) is 11.1. The van der Waals surface area contributed by atoms with Crippen molar-refractivity contribution in [2.75, 3.05) is 5.32 Å². The summed E-state index contributed by atoms with van der Waals surface area (Å²) in [6, 6.07) is 5.42. The third-order valence-electron chi connectivity index (χ3n) is 2.85. The molecule has 0 bridgehead atoms. The summed E-state index contributed by atoms with van der Waals surface area (Å²) in [5, 5.41) is 4.18. The van der Waals surface area contributed by atoms with E-state index in [4.69, 9.17) is 5.73 Å². The summed E-state index contributed by atoms with van der Waals surface area (Å²) in [7, 11) is 0. The highest BCUT2D eigenvalue weighted by Crippen LogP contribution is 2.29. The molecule has 1 aromatic heterocycles. The van der Waals surface area contributed by atoms with E-state index in [9.17, 15) is 4.39 Å². The summed E-state index contributed by atoms with van der Waals surface area (Å²) in [5.41, 5.74) is 6.56. The number of hydrogen-bond acceptors (Lipinski definition) is 4. The molecule has 0 unspecified atom stereocenters. The van der Waals surface area contributed by atoms with Crippen LogP contribution in [0.5, 0.6) is 0 Å². The lowest BCUT2D eigenvalue weighted by atomic mass is 9.88. The fourth-order valence-electron chi connectivity index (χ4n) is 1.91. The number of rotatable bonds is 2. The molecule has 3 rings (SSSR count). The molecular weight excluding hydrogens is 261 g/mol. The van der Waals surface area contributed by atoms with Crippen LogP contribution in [-0.2, 0) is 0 Å². The molecule has 17 heavy (non-hydrogen) atoms. The highest BCUT2D eigenvalue weighted by Gasteiger charge is 2.26. The highest BCUT2D eigenvalue weighted by atomic mass is 35.5. The molecule has 1 heterocycles. The Morgan fingerprint density at radius 3 is 2.88 bits per heavy atom. The van der Waals surface area contributed by atoms with Crippen molar-refractivity contribution in [1.82, 2.24) is 4.98 Å². The normalized spacial score (nSPS) is 22.9. The van der Waals surface area contributed by atoms with E-state index < -0.39 is 0 Å².